The number of carbonyl (C=O) groups excluding carboxylic acids is 3. The van der Waals surface area contributed by atoms with Crippen LogP contribution in [0.2, 0.25) is 0 Å². The number of hydrogen-bond donors (Lipinski definition) is 2. The zero-order chi connectivity index (χ0) is 25.6. The Bertz CT molecular complexity index is 1380. The van der Waals surface area contributed by atoms with Crippen molar-refractivity contribution < 1.29 is 23.9 Å². The van der Waals surface area contributed by atoms with Gasteiger partial charge in [-0.2, -0.15) is 4.39 Å². The number of nitrogens with zero attached hydrogens (tertiary/aromatic N) is 4. The standard InChI is InChI=1S/C26H24FN5O4/c1-15(33)16-5-7-17(8-6-16)29-22(34)12-32-20-11-21(31-13-26(2,36)14-31)30-25(27)24(20)18-4-3-9-28-19(18)10-23(32)35/h3-9,11,36H,10,12-14H2,1-2H3,(H,29,34). The molecule has 2 aromatic heterocycles. The SMILES string of the molecule is CC(=O)c1ccc(NC(=O)CN2C(=O)Cc3ncccc3-c3c2cc(N2CC(C)(O)C2)nc3F)cc1. The molecule has 2 aliphatic heterocycles. The first-order valence-electron chi connectivity index (χ1n) is 11.4. The molecule has 0 atom stereocenters. The molecule has 0 bridgehead atoms. The summed E-state index contributed by atoms with van der Waals surface area (Å²) < 4.78 is 15.5. The van der Waals surface area contributed by atoms with E-state index in [2.05, 4.69) is 15.3 Å². The van der Waals surface area contributed by atoms with Gasteiger partial charge in [-0.25, -0.2) is 4.98 Å². The van der Waals surface area contributed by atoms with E-state index in [0.717, 1.165) is 0 Å². The van der Waals surface area contributed by atoms with Crippen molar-refractivity contribution in [2.45, 2.75) is 25.9 Å². The third-order valence-corrected chi connectivity index (χ3v) is 6.27. The molecular weight excluding hydrogens is 465 g/mol. The van der Waals surface area contributed by atoms with Gasteiger partial charge in [-0.3, -0.25) is 19.4 Å². The lowest BCUT2D eigenvalue weighted by Crippen LogP contribution is -2.60. The summed E-state index contributed by atoms with van der Waals surface area (Å²) in [5, 5.41) is 12.8. The Morgan fingerprint density at radius 3 is 2.58 bits per heavy atom. The Balaban J connectivity index is 1.50. The molecule has 0 aliphatic carbocycles. The van der Waals surface area contributed by atoms with Crippen LogP contribution in [0.15, 0.2) is 48.7 Å². The number of aliphatic hydroxyl groups is 1. The van der Waals surface area contributed by atoms with E-state index in [1.54, 1.807) is 54.3 Å². The van der Waals surface area contributed by atoms with Crippen LogP contribution in [-0.2, 0) is 16.0 Å². The molecule has 10 heteroatoms. The normalized spacial score (nSPS) is 15.9. The Kier molecular flexibility index (Phi) is 5.76. The number of β-amino-alcohol motifs (C(OH)–C–C–N with tert-alkyl or cyclic N) is 1. The predicted molar refractivity (Wildman–Crippen MR) is 131 cm³/mol. The first-order valence-corrected chi connectivity index (χ1v) is 11.4. The first kappa shape index (κ1) is 23.6. The second-order valence-electron chi connectivity index (χ2n) is 9.35. The van der Waals surface area contributed by atoms with Crippen LogP contribution in [0, 0.1) is 5.95 Å². The lowest BCUT2D eigenvalue weighted by atomic mass is 9.96. The molecule has 5 rings (SSSR count). The zero-order valence-corrected chi connectivity index (χ0v) is 19.8. The van der Waals surface area contributed by atoms with Gasteiger partial charge >= 0.3 is 0 Å². The van der Waals surface area contributed by atoms with Gasteiger partial charge in [0.05, 0.1) is 29.0 Å². The number of fused-ring (bicyclic) bond motifs is 3. The van der Waals surface area contributed by atoms with Crippen molar-refractivity contribution in [1.29, 1.82) is 0 Å². The smallest absolute Gasteiger partial charge is 0.244 e. The van der Waals surface area contributed by atoms with Gasteiger partial charge in [-0.15, -0.1) is 0 Å². The monoisotopic (exact) mass is 489 g/mol. The molecule has 36 heavy (non-hydrogen) atoms. The minimum absolute atomic E-state index is 0.0945. The summed E-state index contributed by atoms with van der Waals surface area (Å²) in [4.78, 5) is 49.1. The highest BCUT2D eigenvalue weighted by Crippen LogP contribution is 2.40. The number of pyridine rings is 2. The Morgan fingerprint density at radius 2 is 1.92 bits per heavy atom. The largest absolute Gasteiger partial charge is 0.386 e. The number of hydrogen-bond acceptors (Lipinski definition) is 7. The second kappa shape index (κ2) is 8.80. The first-order chi connectivity index (χ1) is 17.1. The Morgan fingerprint density at radius 1 is 1.19 bits per heavy atom. The molecule has 0 saturated carbocycles. The lowest BCUT2D eigenvalue weighted by molar-refractivity contribution is -0.121. The van der Waals surface area contributed by atoms with Crippen LogP contribution in [0.3, 0.4) is 0 Å². The third kappa shape index (κ3) is 4.42. The molecule has 1 aromatic carbocycles. The van der Waals surface area contributed by atoms with E-state index in [0.29, 0.717) is 22.5 Å². The summed E-state index contributed by atoms with van der Waals surface area (Å²) in [5.74, 6) is -1.52. The van der Waals surface area contributed by atoms with Gasteiger partial charge in [-0.05, 0) is 44.2 Å². The summed E-state index contributed by atoms with van der Waals surface area (Å²) in [5.41, 5.74) is 1.20. The number of amides is 2. The zero-order valence-electron chi connectivity index (χ0n) is 19.8. The van der Waals surface area contributed by atoms with Crippen LogP contribution in [0.1, 0.15) is 29.9 Å². The molecule has 2 amide bonds. The third-order valence-electron chi connectivity index (χ3n) is 6.27. The number of halogens is 1. The molecule has 1 saturated heterocycles. The highest BCUT2D eigenvalue weighted by Gasteiger charge is 2.39. The molecule has 184 valence electrons. The number of nitrogens with one attached hydrogen (secondary N) is 1. The average molecular weight is 490 g/mol. The maximum atomic E-state index is 15.5. The topological polar surface area (TPSA) is 116 Å². The molecule has 1 fully saturated rings. The van der Waals surface area contributed by atoms with Crippen molar-refractivity contribution >= 4 is 34.8 Å². The van der Waals surface area contributed by atoms with Crippen LogP contribution < -0.4 is 15.1 Å². The maximum Gasteiger partial charge on any atom is 0.244 e. The van der Waals surface area contributed by atoms with Gasteiger partial charge in [0.25, 0.3) is 0 Å². The summed E-state index contributed by atoms with van der Waals surface area (Å²) >= 11 is 0. The molecule has 2 N–H and O–H groups in total. The van der Waals surface area contributed by atoms with Crippen molar-refractivity contribution in [1.82, 2.24) is 9.97 Å². The van der Waals surface area contributed by atoms with Gasteiger partial charge in [0.15, 0.2) is 5.78 Å². The van der Waals surface area contributed by atoms with Crippen LogP contribution in [0.25, 0.3) is 11.1 Å². The number of benzene rings is 1. The van der Waals surface area contributed by atoms with Crippen molar-refractivity contribution in [3.8, 4) is 11.1 Å². The Hall–Kier alpha value is -4.18. The number of ketones is 1. The van der Waals surface area contributed by atoms with Crippen LogP contribution >= 0.6 is 0 Å². The van der Waals surface area contributed by atoms with E-state index < -0.39 is 23.4 Å². The van der Waals surface area contributed by atoms with Gasteiger partial charge in [-0.1, -0.05) is 6.07 Å². The maximum absolute atomic E-state index is 15.5. The van der Waals surface area contributed by atoms with E-state index in [9.17, 15) is 19.5 Å². The van der Waals surface area contributed by atoms with Gasteiger partial charge < -0.3 is 20.2 Å². The van der Waals surface area contributed by atoms with E-state index >= 15 is 4.39 Å². The van der Waals surface area contributed by atoms with Crippen molar-refractivity contribution in [2.75, 3.05) is 34.8 Å². The molecule has 0 unspecified atom stereocenters. The fourth-order valence-corrected chi connectivity index (χ4v) is 4.54. The van der Waals surface area contributed by atoms with Crippen LogP contribution in [0.5, 0.6) is 0 Å². The van der Waals surface area contributed by atoms with E-state index in [-0.39, 0.29) is 48.9 Å². The number of anilines is 3. The number of carbonyl (C=O) groups is 3. The van der Waals surface area contributed by atoms with Crippen molar-refractivity contribution in [2.24, 2.45) is 0 Å². The number of rotatable bonds is 5. The quantitative estimate of drug-likeness (QED) is 0.418. The van der Waals surface area contributed by atoms with E-state index in [1.165, 1.54) is 18.0 Å². The number of aromatic nitrogens is 2. The van der Waals surface area contributed by atoms with E-state index in [4.69, 9.17) is 0 Å². The van der Waals surface area contributed by atoms with Gasteiger partial charge in [0, 0.05) is 42.2 Å². The minimum atomic E-state index is -0.908. The minimum Gasteiger partial charge on any atom is -0.386 e. The highest BCUT2D eigenvalue weighted by atomic mass is 19.1. The fraction of sp³-hybridized carbons (Fsp3) is 0.269. The van der Waals surface area contributed by atoms with Crippen LogP contribution in [0.4, 0.5) is 21.6 Å². The Labute approximate surface area is 206 Å². The molecule has 0 radical (unpaired) electrons. The number of Topliss-reactive ketones (excluding diaryl/α,β-unsaturated/α-hetero) is 1. The van der Waals surface area contributed by atoms with E-state index in [1.807, 2.05) is 0 Å². The van der Waals surface area contributed by atoms with Crippen LogP contribution in [-0.4, -0.2) is 57.9 Å². The van der Waals surface area contributed by atoms with Gasteiger partial charge in [0.1, 0.15) is 12.4 Å². The van der Waals surface area contributed by atoms with Gasteiger partial charge in [0.2, 0.25) is 17.8 Å². The van der Waals surface area contributed by atoms with Crippen molar-refractivity contribution in [3.63, 3.8) is 0 Å². The fourth-order valence-electron chi connectivity index (χ4n) is 4.54. The molecule has 3 aromatic rings. The lowest BCUT2D eigenvalue weighted by Gasteiger charge is -2.45. The summed E-state index contributed by atoms with van der Waals surface area (Å²) in [6, 6.07) is 11.3. The molecule has 9 nitrogen and oxygen atoms in total. The second-order valence-corrected chi connectivity index (χ2v) is 9.35. The molecule has 4 heterocycles. The predicted octanol–water partition coefficient (Wildman–Crippen LogP) is 2.58. The summed E-state index contributed by atoms with van der Waals surface area (Å²) in [6.07, 6.45) is 1.42. The highest BCUT2D eigenvalue weighted by molar-refractivity contribution is 6.07. The molecular formula is C26H24FN5O4. The molecule has 0 spiro atoms. The average Bonchev–Trinajstić information content (AvgIpc) is 2.92. The summed E-state index contributed by atoms with van der Waals surface area (Å²) in [6.45, 7) is 3.29. The summed E-state index contributed by atoms with van der Waals surface area (Å²) in [7, 11) is 0. The molecule has 2 aliphatic rings. The van der Waals surface area contributed by atoms with Crippen molar-refractivity contribution in [3.05, 3.63) is 65.9 Å².